The van der Waals surface area contributed by atoms with Gasteiger partial charge in [0.15, 0.2) is 0 Å². The van der Waals surface area contributed by atoms with Gasteiger partial charge in [0.05, 0.1) is 4.34 Å². The van der Waals surface area contributed by atoms with E-state index in [1.807, 2.05) is 6.07 Å². The van der Waals surface area contributed by atoms with Crippen LogP contribution in [-0.2, 0) is 0 Å². The van der Waals surface area contributed by atoms with Crippen molar-refractivity contribution in [3.63, 3.8) is 0 Å². The quantitative estimate of drug-likeness (QED) is 0.755. The van der Waals surface area contributed by atoms with Crippen LogP contribution in [-0.4, -0.2) is 6.54 Å². The Kier molecular flexibility index (Phi) is 3.25. The molecule has 1 aliphatic rings. The first-order valence-corrected chi connectivity index (χ1v) is 6.04. The zero-order chi connectivity index (χ0) is 9.10. The average Bonchev–Trinajstić information content (AvgIpc) is 2.43. The molecule has 2 rings (SSSR count). The average molecular weight is 216 g/mol. The Balaban J connectivity index is 2.06. The number of hydrogen-bond donors (Lipinski definition) is 1. The lowest BCUT2D eigenvalue weighted by Gasteiger charge is -2.12. The molecular weight excluding hydrogens is 202 g/mol. The standard InChI is InChI=1S/C10H14ClNS/c11-10-6-5-9(13-10)8-4-2-1-3-7-12-8/h5-6,8,12H,1-4,7H2. The van der Waals surface area contributed by atoms with Crippen molar-refractivity contribution in [1.82, 2.24) is 5.32 Å². The molecule has 0 saturated carbocycles. The number of thiophene rings is 1. The number of nitrogens with one attached hydrogen (secondary N) is 1. The second-order valence-electron chi connectivity index (χ2n) is 3.50. The first-order valence-electron chi connectivity index (χ1n) is 4.85. The SMILES string of the molecule is Clc1ccc(C2CCCCCN2)s1. The molecule has 13 heavy (non-hydrogen) atoms. The molecule has 0 bridgehead atoms. The molecule has 0 aliphatic carbocycles. The topological polar surface area (TPSA) is 12.0 Å². The normalized spacial score (nSPS) is 24.2. The zero-order valence-corrected chi connectivity index (χ0v) is 9.13. The molecule has 1 unspecified atom stereocenters. The molecule has 1 aromatic heterocycles. The summed E-state index contributed by atoms with van der Waals surface area (Å²) in [4.78, 5) is 1.40. The Hall–Kier alpha value is -0.0500. The maximum Gasteiger partial charge on any atom is 0.0931 e. The van der Waals surface area contributed by atoms with Crippen LogP contribution in [0.25, 0.3) is 0 Å². The summed E-state index contributed by atoms with van der Waals surface area (Å²) in [6, 6.07) is 4.70. The molecule has 1 aliphatic heterocycles. The highest BCUT2D eigenvalue weighted by Crippen LogP contribution is 2.30. The minimum Gasteiger partial charge on any atom is -0.309 e. The van der Waals surface area contributed by atoms with Gasteiger partial charge in [-0.05, 0) is 31.5 Å². The van der Waals surface area contributed by atoms with Gasteiger partial charge in [0.1, 0.15) is 0 Å². The van der Waals surface area contributed by atoms with E-state index in [1.54, 1.807) is 11.3 Å². The Bertz CT molecular complexity index is 264. The number of hydrogen-bond acceptors (Lipinski definition) is 2. The van der Waals surface area contributed by atoms with Crippen molar-refractivity contribution in [1.29, 1.82) is 0 Å². The molecule has 1 atom stereocenters. The van der Waals surface area contributed by atoms with Gasteiger partial charge in [0, 0.05) is 10.9 Å². The summed E-state index contributed by atoms with van der Waals surface area (Å²) in [6.45, 7) is 1.15. The highest BCUT2D eigenvalue weighted by atomic mass is 35.5. The second-order valence-corrected chi connectivity index (χ2v) is 5.24. The first kappa shape index (κ1) is 9.50. The van der Waals surface area contributed by atoms with Gasteiger partial charge in [-0.1, -0.05) is 24.4 Å². The molecule has 1 N–H and O–H groups in total. The molecule has 2 heterocycles. The van der Waals surface area contributed by atoms with Gasteiger partial charge in [-0.3, -0.25) is 0 Å². The predicted octanol–water partition coefficient (Wildman–Crippen LogP) is 3.61. The third kappa shape index (κ3) is 2.46. The van der Waals surface area contributed by atoms with E-state index in [1.165, 1.54) is 30.6 Å². The van der Waals surface area contributed by atoms with Crippen molar-refractivity contribution < 1.29 is 0 Å². The van der Waals surface area contributed by atoms with Crippen molar-refractivity contribution in [3.8, 4) is 0 Å². The van der Waals surface area contributed by atoms with E-state index >= 15 is 0 Å². The maximum absolute atomic E-state index is 5.91. The van der Waals surface area contributed by atoms with E-state index in [4.69, 9.17) is 11.6 Å². The van der Waals surface area contributed by atoms with E-state index in [0.717, 1.165) is 10.9 Å². The second kappa shape index (κ2) is 4.45. The number of rotatable bonds is 1. The lowest BCUT2D eigenvalue weighted by Crippen LogP contribution is -2.19. The van der Waals surface area contributed by atoms with Crippen molar-refractivity contribution in [3.05, 3.63) is 21.3 Å². The van der Waals surface area contributed by atoms with Gasteiger partial charge in [0.2, 0.25) is 0 Å². The monoisotopic (exact) mass is 215 g/mol. The maximum atomic E-state index is 5.91. The van der Waals surface area contributed by atoms with Crippen LogP contribution in [0.1, 0.15) is 36.6 Å². The molecule has 1 fully saturated rings. The van der Waals surface area contributed by atoms with E-state index in [2.05, 4.69) is 11.4 Å². The minimum atomic E-state index is 0.556. The summed E-state index contributed by atoms with van der Waals surface area (Å²) in [7, 11) is 0. The van der Waals surface area contributed by atoms with Crippen LogP contribution < -0.4 is 5.32 Å². The summed E-state index contributed by atoms with van der Waals surface area (Å²) >= 11 is 7.62. The van der Waals surface area contributed by atoms with E-state index in [9.17, 15) is 0 Å². The van der Waals surface area contributed by atoms with Crippen molar-refractivity contribution in [2.45, 2.75) is 31.7 Å². The van der Waals surface area contributed by atoms with E-state index in [0.29, 0.717) is 6.04 Å². The molecule has 1 aromatic rings. The molecule has 1 nitrogen and oxygen atoms in total. The fourth-order valence-corrected chi connectivity index (χ4v) is 2.96. The minimum absolute atomic E-state index is 0.556. The number of halogens is 1. The largest absolute Gasteiger partial charge is 0.309 e. The van der Waals surface area contributed by atoms with Crippen LogP contribution in [0.3, 0.4) is 0 Å². The lowest BCUT2D eigenvalue weighted by atomic mass is 10.1. The van der Waals surface area contributed by atoms with Crippen LogP contribution >= 0.6 is 22.9 Å². The third-order valence-corrected chi connectivity index (χ3v) is 3.84. The van der Waals surface area contributed by atoms with Crippen LogP contribution in [0.2, 0.25) is 4.34 Å². The van der Waals surface area contributed by atoms with Gasteiger partial charge in [-0.15, -0.1) is 11.3 Å². The van der Waals surface area contributed by atoms with Gasteiger partial charge < -0.3 is 5.32 Å². The highest BCUT2D eigenvalue weighted by molar-refractivity contribution is 7.16. The van der Waals surface area contributed by atoms with Gasteiger partial charge in [0.25, 0.3) is 0 Å². The Morgan fingerprint density at radius 3 is 3.00 bits per heavy atom. The van der Waals surface area contributed by atoms with Crippen LogP contribution in [0.5, 0.6) is 0 Å². The molecule has 0 spiro atoms. The summed E-state index contributed by atoms with van der Waals surface area (Å²) < 4.78 is 0.904. The molecule has 0 amide bonds. The Labute approximate surface area is 88.1 Å². The first-order chi connectivity index (χ1) is 6.36. The van der Waals surface area contributed by atoms with Crippen molar-refractivity contribution in [2.75, 3.05) is 6.54 Å². The Morgan fingerprint density at radius 1 is 1.31 bits per heavy atom. The van der Waals surface area contributed by atoms with E-state index in [-0.39, 0.29) is 0 Å². The van der Waals surface area contributed by atoms with Gasteiger partial charge in [-0.2, -0.15) is 0 Å². The van der Waals surface area contributed by atoms with Crippen LogP contribution in [0.4, 0.5) is 0 Å². The summed E-state index contributed by atoms with van der Waals surface area (Å²) in [5.74, 6) is 0. The lowest BCUT2D eigenvalue weighted by molar-refractivity contribution is 0.543. The fourth-order valence-electron chi connectivity index (χ4n) is 1.79. The summed E-state index contributed by atoms with van der Waals surface area (Å²) in [5.41, 5.74) is 0. The molecular formula is C10H14ClNS. The highest BCUT2D eigenvalue weighted by Gasteiger charge is 2.14. The van der Waals surface area contributed by atoms with Crippen molar-refractivity contribution >= 4 is 22.9 Å². The molecule has 1 saturated heterocycles. The Morgan fingerprint density at radius 2 is 2.23 bits per heavy atom. The zero-order valence-electron chi connectivity index (χ0n) is 7.55. The smallest absolute Gasteiger partial charge is 0.0931 e. The molecule has 0 aromatic carbocycles. The van der Waals surface area contributed by atoms with Gasteiger partial charge >= 0.3 is 0 Å². The molecule has 3 heteroatoms. The molecule has 72 valence electrons. The summed E-state index contributed by atoms with van der Waals surface area (Å²) in [5, 5.41) is 3.56. The fraction of sp³-hybridized carbons (Fsp3) is 0.600. The summed E-state index contributed by atoms with van der Waals surface area (Å²) in [6.07, 6.45) is 5.28. The van der Waals surface area contributed by atoms with Crippen LogP contribution in [0, 0.1) is 0 Å². The van der Waals surface area contributed by atoms with Gasteiger partial charge in [-0.25, -0.2) is 0 Å². The van der Waals surface area contributed by atoms with E-state index < -0.39 is 0 Å². The predicted molar refractivity (Wildman–Crippen MR) is 58.5 cm³/mol. The molecule has 0 radical (unpaired) electrons. The van der Waals surface area contributed by atoms with Crippen LogP contribution in [0.15, 0.2) is 12.1 Å². The van der Waals surface area contributed by atoms with Crippen molar-refractivity contribution in [2.24, 2.45) is 0 Å². The third-order valence-electron chi connectivity index (χ3n) is 2.50.